The molecule has 0 bridgehead atoms. The van der Waals surface area contributed by atoms with Gasteiger partial charge in [-0.15, -0.1) is 0 Å². The summed E-state index contributed by atoms with van der Waals surface area (Å²) in [6, 6.07) is 14.5. The van der Waals surface area contributed by atoms with Crippen LogP contribution < -0.4 is 15.1 Å². The molecule has 154 valence electrons. The molecule has 2 saturated heterocycles. The molecule has 2 aromatic carbocycles. The van der Waals surface area contributed by atoms with Crippen molar-refractivity contribution in [3.05, 3.63) is 64.7 Å². The van der Waals surface area contributed by atoms with Crippen LogP contribution in [0.15, 0.2) is 54.1 Å². The van der Waals surface area contributed by atoms with Crippen LogP contribution in [0.2, 0.25) is 5.02 Å². The van der Waals surface area contributed by atoms with Crippen molar-refractivity contribution in [3.63, 3.8) is 0 Å². The first kappa shape index (κ1) is 20.5. The summed E-state index contributed by atoms with van der Waals surface area (Å²) in [5, 5.41) is 3.23. The standard InChI is InChI=1S/C22H21ClN4O2S/c1-25-10-12-26(13-11-25)19-5-3-2-4-15(19)14-18-20(28)24-22(30)27(21(18)29)17-8-6-16(23)7-9-17/h2-9,14H,10-13H2,1H3,(H,24,28,30)/b18-14-. The van der Waals surface area contributed by atoms with Crippen LogP contribution in [0.5, 0.6) is 0 Å². The maximum atomic E-state index is 13.2. The normalized spacial score (nSPS) is 19.4. The number of rotatable bonds is 3. The summed E-state index contributed by atoms with van der Waals surface area (Å²) < 4.78 is 0. The molecule has 2 heterocycles. The van der Waals surface area contributed by atoms with Gasteiger partial charge in [0, 0.05) is 36.9 Å². The lowest BCUT2D eigenvalue weighted by molar-refractivity contribution is -0.122. The predicted molar refractivity (Wildman–Crippen MR) is 124 cm³/mol. The Kier molecular flexibility index (Phi) is 5.85. The number of hydrogen-bond donors (Lipinski definition) is 1. The highest BCUT2D eigenvalue weighted by molar-refractivity contribution is 7.80. The second kappa shape index (κ2) is 8.55. The Bertz CT molecular complexity index is 1030. The van der Waals surface area contributed by atoms with E-state index in [1.54, 1.807) is 30.3 Å². The highest BCUT2D eigenvalue weighted by Crippen LogP contribution is 2.27. The van der Waals surface area contributed by atoms with Gasteiger partial charge in [-0.25, -0.2) is 0 Å². The topological polar surface area (TPSA) is 55.9 Å². The Morgan fingerprint density at radius 2 is 1.67 bits per heavy atom. The maximum absolute atomic E-state index is 13.2. The second-order valence-corrected chi connectivity index (χ2v) is 8.11. The third-order valence-corrected chi connectivity index (χ3v) is 5.80. The van der Waals surface area contributed by atoms with E-state index in [0.29, 0.717) is 10.7 Å². The number of benzene rings is 2. The lowest BCUT2D eigenvalue weighted by Gasteiger charge is -2.35. The Morgan fingerprint density at radius 3 is 2.37 bits per heavy atom. The minimum atomic E-state index is -0.497. The number of carbonyl (C=O) groups excluding carboxylic acids is 2. The largest absolute Gasteiger partial charge is 0.368 e. The highest BCUT2D eigenvalue weighted by Gasteiger charge is 2.34. The number of likely N-dealkylation sites (N-methyl/N-ethyl adjacent to an activating group) is 1. The van der Waals surface area contributed by atoms with Crippen LogP contribution >= 0.6 is 23.8 Å². The molecule has 30 heavy (non-hydrogen) atoms. The van der Waals surface area contributed by atoms with Gasteiger partial charge in [-0.2, -0.15) is 0 Å². The number of hydrogen-bond acceptors (Lipinski definition) is 5. The number of nitrogens with one attached hydrogen (secondary N) is 1. The summed E-state index contributed by atoms with van der Waals surface area (Å²) in [5.74, 6) is -0.956. The van der Waals surface area contributed by atoms with Crippen LogP contribution in [-0.4, -0.2) is 55.1 Å². The molecule has 1 N–H and O–H groups in total. The number of amides is 2. The van der Waals surface area contributed by atoms with Crippen LogP contribution in [0, 0.1) is 0 Å². The molecule has 0 aromatic heterocycles. The molecule has 2 aliphatic heterocycles. The fraction of sp³-hybridized carbons (Fsp3) is 0.227. The second-order valence-electron chi connectivity index (χ2n) is 7.28. The molecule has 2 aromatic rings. The molecule has 2 aliphatic rings. The minimum Gasteiger partial charge on any atom is -0.368 e. The fourth-order valence-electron chi connectivity index (χ4n) is 3.58. The van der Waals surface area contributed by atoms with E-state index in [1.165, 1.54) is 4.90 Å². The molecule has 0 atom stereocenters. The number of halogens is 1. The van der Waals surface area contributed by atoms with Crippen molar-refractivity contribution >= 4 is 58.2 Å². The van der Waals surface area contributed by atoms with Crippen LogP contribution in [0.4, 0.5) is 11.4 Å². The van der Waals surface area contributed by atoms with E-state index in [1.807, 2.05) is 24.3 Å². The monoisotopic (exact) mass is 440 g/mol. The van der Waals surface area contributed by atoms with E-state index in [2.05, 4.69) is 22.2 Å². The van der Waals surface area contributed by atoms with Crippen molar-refractivity contribution in [2.75, 3.05) is 43.0 Å². The summed E-state index contributed by atoms with van der Waals surface area (Å²) in [4.78, 5) is 31.7. The Balaban J connectivity index is 1.69. The highest BCUT2D eigenvalue weighted by atomic mass is 35.5. The van der Waals surface area contributed by atoms with Crippen LogP contribution in [0.1, 0.15) is 5.56 Å². The van der Waals surface area contributed by atoms with Crippen molar-refractivity contribution in [1.29, 1.82) is 0 Å². The quantitative estimate of drug-likeness (QED) is 0.452. The lowest BCUT2D eigenvalue weighted by Crippen LogP contribution is -2.54. The first-order valence-corrected chi connectivity index (χ1v) is 10.4. The number of thiocarbonyl (C=S) groups is 1. The molecule has 8 heteroatoms. The summed E-state index contributed by atoms with van der Waals surface area (Å²) in [6.07, 6.45) is 1.65. The van der Waals surface area contributed by atoms with Gasteiger partial charge in [-0.1, -0.05) is 29.8 Å². The Morgan fingerprint density at radius 1 is 1.00 bits per heavy atom. The average molecular weight is 441 g/mol. The SMILES string of the molecule is CN1CCN(c2ccccc2/C=C2/C(=O)NC(=S)N(c3ccc(Cl)cc3)C2=O)CC1. The van der Waals surface area contributed by atoms with Gasteiger partial charge in [0.25, 0.3) is 11.8 Å². The number of anilines is 2. The average Bonchev–Trinajstić information content (AvgIpc) is 2.73. The smallest absolute Gasteiger partial charge is 0.270 e. The van der Waals surface area contributed by atoms with Gasteiger partial charge in [0.15, 0.2) is 5.11 Å². The van der Waals surface area contributed by atoms with E-state index in [-0.39, 0.29) is 10.7 Å². The van der Waals surface area contributed by atoms with Gasteiger partial charge in [0.1, 0.15) is 5.57 Å². The Hall–Kier alpha value is -2.74. The number of para-hydroxylation sites is 1. The zero-order valence-corrected chi connectivity index (χ0v) is 18.0. The van der Waals surface area contributed by atoms with Gasteiger partial charge in [0.05, 0.1) is 5.69 Å². The summed E-state index contributed by atoms with van der Waals surface area (Å²) in [7, 11) is 2.10. The summed E-state index contributed by atoms with van der Waals surface area (Å²) in [6.45, 7) is 3.70. The first-order valence-electron chi connectivity index (χ1n) is 9.63. The van der Waals surface area contributed by atoms with Gasteiger partial charge >= 0.3 is 0 Å². The molecule has 4 rings (SSSR count). The number of carbonyl (C=O) groups is 2. The molecule has 0 spiro atoms. The molecule has 2 fully saturated rings. The van der Waals surface area contributed by atoms with Crippen molar-refractivity contribution in [3.8, 4) is 0 Å². The first-order chi connectivity index (χ1) is 14.4. The Labute approximate surface area is 185 Å². The van der Waals surface area contributed by atoms with Crippen molar-refractivity contribution in [2.45, 2.75) is 0 Å². The van der Waals surface area contributed by atoms with E-state index in [4.69, 9.17) is 23.8 Å². The third-order valence-electron chi connectivity index (χ3n) is 5.27. The van der Waals surface area contributed by atoms with Crippen molar-refractivity contribution in [1.82, 2.24) is 10.2 Å². The molecule has 0 aliphatic carbocycles. The zero-order valence-electron chi connectivity index (χ0n) is 16.5. The van der Waals surface area contributed by atoms with Crippen LogP contribution in [-0.2, 0) is 9.59 Å². The molecule has 6 nitrogen and oxygen atoms in total. The fourth-order valence-corrected chi connectivity index (χ4v) is 3.99. The zero-order chi connectivity index (χ0) is 21.3. The molecule has 0 radical (unpaired) electrons. The molecular formula is C22H21ClN4O2S. The molecule has 0 unspecified atom stereocenters. The van der Waals surface area contributed by atoms with Crippen LogP contribution in [0.25, 0.3) is 6.08 Å². The predicted octanol–water partition coefficient (Wildman–Crippen LogP) is 2.92. The maximum Gasteiger partial charge on any atom is 0.270 e. The summed E-state index contributed by atoms with van der Waals surface area (Å²) in [5.41, 5.74) is 2.42. The van der Waals surface area contributed by atoms with Gasteiger partial charge < -0.3 is 9.80 Å². The third kappa shape index (κ3) is 4.09. The van der Waals surface area contributed by atoms with Gasteiger partial charge in [-0.05, 0) is 61.2 Å². The van der Waals surface area contributed by atoms with Gasteiger partial charge in [-0.3, -0.25) is 19.8 Å². The van der Waals surface area contributed by atoms with E-state index in [0.717, 1.165) is 37.4 Å². The van der Waals surface area contributed by atoms with Crippen molar-refractivity contribution in [2.24, 2.45) is 0 Å². The van der Waals surface area contributed by atoms with E-state index < -0.39 is 11.8 Å². The lowest BCUT2D eigenvalue weighted by atomic mass is 10.0. The molecule has 2 amide bonds. The van der Waals surface area contributed by atoms with E-state index in [9.17, 15) is 9.59 Å². The minimum absolute atomic E-state index is 0.0418. The number of nitrogens with zero attached hydrogens (tertiary/aromatic N) is 3. The van der Waals surface area contributed by atoms with Gasteiger partial charge in [0.2, 0.25) is 0 Å². The van der Waals surface area contributed by atoms with Crippen molar-refractivity contribution < 1.29 is 9.59 Å². The number of piperazine rings is 1. The van der Waals surface area contributed by atoms with E-state index >= 15 is 0 Å². The molecular weight excluding hydrogens is 420 g/mol. The molecule has 0 saturated carbocycles. The summed E-state index contributed by atoms with van der Waals surface area (Å²) >= 11 is 11.2. The van der Waals surface area contributed by atoms with Crippen LogP contribution in [0.3, 0.4) is 0 Å².